The summed E-state index contributed by atoms with van der Waals surface area (Å²) in [6.07, 6.45) is 0. The highest BCUT2D eigenvalue weighted by molar-refractivity contribution is 7.92. The lowest BCUT2D eigenvalue weighted by molar-refractivity contribution is 0.210. The summed E-state index contributed by atoms with van der Waals surface area (Å²) in [5, 5.41) is 10.9. The first-order chi connectivity index (χ1) is 11.5. The molecule has 1 aromatic heterocycles. The zero-order valence-electron chi connectivity index (χ0n) is 13.1. The van der Waals surface area contributed by atoms with E-state index in [1.54, 1.807) is 13.2 Å². The summed E-state index contributed by atoms with van der Waals surface area (Å²) in [5.41, 5.74) is 0. The summed E-state index contributed by atoms with van der Waals surface area (Å²) >= 11 is 5.96. The van der Waals surface area contributed by atoms with Gasteiger partial charge in [-0.1, -0.05) is 11.6 Å². The molecule has 130 valence electrons. The summed E-state index contributed by atoms with van der Waals surface area (Å²) in [4.78, 5) is -0.00241. The van der Waals surface area contributed by atoms with Crippen LogP contribution in [0, 0.1) is 0 Å². The van der Waals surface area contributed by atoms with Crippen molar-refractivity contribution in [2.45, 2.75) is 4.90 Å². The molecule has 0 atom stereocenters. The van der Waals surface area contributed by atoms with E-state index in [-0.39, 0.29) is 15.7 Å². The second kappa shape index (κ2) is 8.13. The van der Waals surface area contributed by atoms with Gasteiger partial charge >= 0.3 is 0 Å². The van der Waals surface area contributed by atoms with Crippen molar-refractivity contribution in [3.05, 3.63) is 35.4 Å². The number of sulfonamides is 1. The molecule has 0 spiro atoms. The van der Waals surface area contributed by atoms with Gasteiger partial charge < -0.3 is 14.8 Å². The number of ether oxygens (including phenoxy) is 2. The van der Waals surface area contributed by atoms with Crippen LogP contribution in [0.1, 0.15) is 0 Å². The van der Waals surface area contributed by atoms with Crippen molar-refractivity contribution >= 4 is 33.3 Å². The first-order valence-electron chi connectivity index (χ1n) is 6.89. The van der Waals surface area contributed by atoms with Crippen molar-refractivity contribution in [2.24, 2.45) is 0 Å². The van der Waals surface area contributed by atoms with E-state index in [2.05, 4.69) is 20.2 Å². The molecule has 0 aliphatic heterocycles. The Kier molecular flexibility index (Phi) is 6.18. The van der Waals surface area contributed by atoms with Crippen molar-refractivity contribution in [3.63, 3.8) is 0 Å². The number of benzene rings is 1. The monoisotopic (exact) mass is 372 g/mol. The van der Waals surface area contributed by atoms with Crippen molar-refractivity contribution in [2.75, 3.05) is 37.4 Å². The van der Waals surface area contributed by atoms with Crippen LogP contribution in [0.2, 0.25) is 5.02 Å². The molecule has 0 unspecified atom stereocenters. The van der Waals surface area contributed by atoms with E-state index in [1.165, 1.54) is 31.4 Å². The van der Waals surface area contributed by atoms with Gasteiger partial charge in [-0.05, 0) is 30.3 Å². The van der Waals surface area contributed by atoms with E-state index >= 15 is 0 Å². The highest BCUT2D eigenvalue weighted by Gasteiger charge is 2.17. The number of methoxy groups -OCH3 is 2. The summed E-state index contributed by atoms with van der Waals surface area (Å²) in [7, 11) is -0.784. The number of anilines is 2. The molecule has 2 aromatic rings. The van der Waals surface area contributed by atoms with E-state index in [0.717, 1.165) is 0 Å². The summed E-state index contributed by atoms with van der Waals surface area (Å²) < 4.78 is 36.9. The van der Waals surface area contributed by atoms with Gasteiger partial charge in [0.1, 0.15) is 11.6 Å². The third kappa shape index (κ3) is 4.70. The quantitative estimate of drug-likeness (QED) is 0.683. The molecule has 0 fully saturated rings. The smallest absolute Gasteiger partial charge is 0.263 e. The van der Waals surface area contributed by atoms with Crippen LogP contribution in [0.3, 0.4) is 0 Å². The SMILES string of the molecule is COCCNc1ccc(NS(=O)(=O)c2ccc(OC)c(Cl)c2)nn1. The molecule has 2 N–H and O–H groups in total. The second-order valence-electron chi connectivity index (χ2n) is 4.63. The standard InChI is InChI=1S/C14H17ClN4O4S/c1-22-8-7-16-13-5-6-14(18-17-13)19-24(20,21)10-3-4-12(23-2)11(15)9-10/h3-6,9H,7-8H2,1-2H3,(H,16,17)(H,18,19). The first-order valence-corrected chi connectivity index (χ1v) is 8.75. The Morgan fingerprint density at radius 3 is 2.42 bits per heavy atom. The molecule has 8 nitrogen and oxygen atoms in total. The molecule has 10 heteroatoms. The Hall–Kier alpha value is -2.10. The van der Waals surface area contributed by atoms with E-state index in [1.807, 2.05) is 0 Å². The van der Waals surface area contributed by atoms with Crippen LogP contribution in [-0.2, 0) is 14.8 Å². The van der Waals surface area contributed by atoms with Crippen molar-refractivity contribution < 1.29 is 17.9 Å². The molecule has 1 aromatic carbocycles. The Morgan fingerprint density at radius 2 is 1.83 bits per heavy atom. The van der Waals surface area contributed by atoms with Gasteiger partial charge in [0.05, 0.1) is 23.6 Å². The van der Waals surface area contributed by atoms with Crippen LogP contribution in [0.15, 0.2) is 35.2 Å². The molecule has 0 radical (unpaired) electrons. The largest absolute Gasteiger partial charge is 0.495 e. The maximum atomic E-state index is 12.3. The number of halogens is 1. The third-order valence-corrected chi connectivity index (χ3v) is 4.60. The fraction of sp³-hybridized carbons (Fsp3) is 0.286. The molecule has 0 saturated carbocycles. The third-order valence-electron chi connectivity index (χ3n) is 2.95. The minimum absolute atomic E-state index is 0.00241. The molecule has 0 bridgehead atoms. The van der Waals surface area contributed by atoms with Gasteiger partial charge in [0, 0.05) is 13.7 Å². The number of hydrogen-bond donors (Lipinski definition) is 2. The lowest BCUT2D eigenvalue weighted by Gasteiger charge is -2.09. The number of rotatable bonds is 8. The van der Waals surface area contributed by atoms with E-state index in [4.69, 9.17) is 21.1 Å². The highest BCUT2D eigenvalue weighted by Crippen LogP contribution is 2.27. The van der Waals surface area contributed by atoms with Gasteiger partial charge in [0.2, 0.25) is 0 Å². The van der Waals surface area contributed by atoms with Crippen LogP contribution in [0.4, 0.5) is 11.6 Å². The topological polar surface area (TPSA) is 102 Å². The van der Waals surface area contributed by atoms with Crippen LogP contribution in [0.25, 0.3) is 0 Å². The molecular formula is C14H17ClN4O4S. The van der Waals surface area contributed by atoms with Crippen molar-refractivity contribution in [1.29, 1.82) is 0 Å². The lowest BCUT2D eigenvalue weighted by Crippen LogP contribution is -2.15. The Labute approximate surface area is 145 Å². The van der Waals surface area contributed by atoms with E-state index in [0.29, 0.717) is 24.7 Å². The van der Waals surface area contributed by atoms with Crippen LogP contribution in [0.5, 0.6) is 5.75 Å². The van der Waals surface area contributed by atoms with E-state index in [9.17, 15) is 8.42 Å². The minimum atomic E-state index is -3.83. The fourth-order valence-electron chi connectivity index (χ4n) is 1.77. The Balaban J connectivity index is 2.10. The van der Waals surface area contributed by atoms with Gasteiger partial charge in [-0.25, -0.2) is 8.42 Å². The number of nitrogens with zero attached hydrogens (tertiary/aromatic N) is 2. The molecular weight excluding hydrogens is 356 g/mol. The van der Waals surface area contributed by atoms with Crippen molar-refractivity contribution in [3.8, 4) is 5.75 Å². The van der Waals surface area contributed by atoms with E-state index < -0.39 is 10.0 Å². The summed E-state index contributed by atoms with van der Waals surface area (Å²) in [6, 6.07) is 7.29. The zero-order chi connectivity index (χ0) is 17.6. The van der Waals surface area contributed by atoms with Gasteiger partial charge in [0.25, 0.3) is 10.0 Å². The Bertz CT molecular complexity index is 784. The fourth-order valence-corrected chi connectivity index (χ4v) is 3.12. The van der Waals surface area contributed by atoms with Gasteiger partial charge in [-0.2, -0.15) is 0 Å². The van der Waals surface area contributed by atoms with Crippen LogP contribution < -0.4 is 14.8 Å². The maximum Gasteiger partial charge on any atom is 0.263 e. The van der Waals surface area contributed by atoms with Gasteiger partial charge in [-0.15, -0.1) is 10.2 Å². The first kappa shape index (κ1) is 18.2. The Morgan fingerprint density at radius 1 is 1.12 bits per heavy atom. The maximum absolute atomic E-state index is 12.3. The summed E-state index contributed by atoms with van der Waals surface area (Å²) in [6.45, 7) is 1.09. The predicted molar refractivity (Wildman–Crippen MR) is 91.2 cm³/mol. The zero-order valence-corrected chi connectivity index (χ0v) is 14.7. The number of hydrogen-bond acceptors (Lipinski definition) is 7. The normalized spacial score (nSPS) is 11.1. The second-order valence-corrected chi connectivity index (χ2v) is 6.71. The van der Waals surface area contributed by atoms with Crippen LogP contribution >= 0.6 is 11.6 Å². The number of aromatic nitrogens is 2. The summed E-state index contributed by atoms with van der Waals surface area (Å²) in [5.74, 6) is 1.00. The average Bonchev–Trinajstić information content (AvgIpc) is 2.56. The molecule has 2 rings (SSSR count). The molecule has 24 heavy (non-hydrogen) atoms. The minimum Gasteiger partial charge on any atom is -0.495 e. The molecule has 0 saturated heterocycles. The van der Waals surface area contributed by atoms with Crippen molar-refractivity contribution in [1.82, 2.24) is 10.2 Å². The predicted octanol–water partition coefficient (Wildman–Crippen LogP) is 2.00. The lowest BCUT2D eigenvalue weighted by atomic mass is 10.3. The molecule has 0 aliphatic carbocycles. The molecule has 0 amide bonds. The van der Waals surface area contributed by atoms with Gasteiger partial charge in [-0.3, -0.25) is 4.72 Å². The molecule has 0 aliphatic rings. The molecule has 1 heterocycles. The number of nitrogens with one attached hydrogen (secondary N) is 2. The van der Waals surface area contributed by atoms with Gasteiger partial charge in [0.15, 0.2) is 5.82 Å². The average molecular weight is 373 g/mol. The van der Waals surface area contributed by atoms with Crippen LogP contribution in [-0.4, -0.2) is 46.0 Å². The highest BCUT2D eigenvalue weighted by atomic mass is 35.5.